The lowest BCUT2D eigenvalue weighted by Crippen LogP contribution is -2.45. The molecule has 110 valence electrons. The topological polar surface area (TPSA) is 69.9 Å². The van der Waals surface area contributed by atoms with Crippen LogP contribution in [0.15, 0.2) is 0 Å². The van der Waals surface area contributed by atoms with E-state index in [-0.39, 0.29) is 0 Å². The Morgan fingerprint density at radius 2 is 1.70 bits per heavy atom. The van der Waals surface area contributed by atoms with Gasteiger partial charge in [0.2, 0.25) is 0 Å². The van der Waals surface area contributed by atoms with Crippen LogP contribution in [0.3, 0.4) is 0 Å². The third-order valence-electron chi connectivity index (χ3n) is 6.34. The molecule has 0 spiro atoms. The number of imidazole rings is 1. The highest BCUT2D eigenvalue weighted by Gasteiger charge is 2.47. The molecule has 4 fully saturated rings. The lowest BCUT2D eigenvalue weighted by molar-refractivity contribution is -0.0394. The van der Waals surface area contributed by atoms with E-state index in [1.165, 1.54) is 43.2 Å². The summed E-state index contributed by atoms with van der Waals surface area (Å²) in [6.07, 6.45) is 9.78. The average Bonchev–Trinajstić information content (AvgIpc) is 2.65. The third-order valence-corrected chi connectivity index (χ3v) is 6.34. The van der Waals surface area contributed by atoms with E-state index in [0.29, 0.717) is 5.82 Å². The molecule has 20 heavy (non-hydrogen) atoms. The van der Waals surface area contributed by atoms with Crippen molar-refractivity contribution < 1.29 is 0 Å². The standard InChI is InChI=1S/C16H26N4/c1-9-19-15(16(17)20(9)18)3-2-14-12-5-10-4-11(7-12)8-13(14)6-10/h10-14H,2-8,17-18H2,1H3. The normalized spacial score (nSPS) is 38.5. The van der Waals surface area contributed by atoms with Gasteiger partial charge in [-0.15, -0.1) is 0 Å². The monoisotopic (exact) mass is 274 g/mol. The van der Waals surface area contributed by atoms with Gasteiger partial charge >= 0.3 is 0 Å². The molecular formula is C16H26N4. The number of hydrogen-bond acceptors (Lipinski definition) is 3. The molecule has 0 amide bonds. The van der Waals surface area contributed by atoms with Crippen LogP contribution in [0.4, 0.5) is 5.82 Å². The maximum atomic E-state index is 6.04. The highest BCUT2D eigenvalue weighted by atomic mass is 15.4. The zero-order chi connectivity index (χ0) is 13.9. The lowest BCUT2D eigenvalue weighted by Gasteiger charge is -2.54. The lowest BCUT2D eigenvalue weighted by atomic mass is 9.51. The summed E-state index contributed by atoms with van der Waals surface area (Å²) in [7, 11) is 0. The molecule has 0 unspecified atom stereocenters. The number of rotatable bonds is 3. The van der Waals surface area contributed by atoms with Gasteiger partial charge in [-0.3, -0.25) is 0 Å². The smallest absolute Gasteiger partial charge is 0.145 e. The Hall–Kier alpha value is -1.19. The minimum absolute atomic E-state index is 0.659. The van der Waals surface area contributed by atoms with Gasteiger partial charge in [-0.05, 0) is 81.5 Å². The summed E-state index contributed by atoms with van der Waals surface area (Å²) >= 11 is 0. The summed E-state index contributed by atoms with van der Waals surface area (Å²) in [5.74, 6) is 12.4. The fourth-order valence-corrected chi connectivity index (χ4v) is 5.62. The highest BCUT2D eigenvalue weighted by molar-refractivity contribution is 5.38. The number of nitrogens with zero attached hydrogens (tertiary/aromatic N) is 2. The van der Waals surface area contributed by atoms with Crippen molar-refractivity contribution in [2.75, 3.05) is 11.6 Å². The molecule has 4 aliphatic carbocycles. The molecule has 1 aromatic heterocycles. The second-order valence-electron chi connectivity index (χ2n) is 7.49. The first kappa shape index (κ1) is 12.5. The number of aromatic nitrogens is 2. The summed E-state index contributed by atoms with van der Waals surface area (Å²) in [5.41, 5.74) is 7.05. The van der Waals surface area contributed by atoms with Crippen molar-refractivity contribution in [3.8, 4) is 0 Å². The van der Waals surface area contributed by atoms with Gasteiger partial charge in [-0.25, -0.2) is 9.66 Å². The zero-order valence-corrected chi connectivity index (χ0v) is 12.4. The van der Waals surface area contributed by atoms with Gasteiger partial charge in [-0.2, -0.15) is 0 Å². The van der Waals surface area contributed by atoms with Crippen LogP contribution in [0.25, 0.3) is 0 Å². The number of nitrogen functional groups attached to an aromatic ring is 2. The van der Waals surface area contributed by atoms with Crippen molar-refractivity contribution in [2.24, 2.45) is 29.6 Å². The van der Waals surface area contributed by atoms with Crippen molar-refractivity contribution in [3.63, 3.8) is 0 Å². The van der Waals surface area contributed by atoms with Crippen LogP contribution in [-0.4, -0.2) is 9.66 Å². The third kappa shape index (κ3) is 1.84. The van der Waals surface area contributed by atoms with Gasteiger partial charge in [0.25, 0.3) is 0 Å². The molecule has 0 aliphatic heterocycles. The fourth-order valence-electron chi connectivity index (χ4n) is 5.62. The van der Waals surface area contributed by atoms with Crippen LogP contribution in [0.5, 0.6) is 0 Å². The number of anilines is 1. The quantitative estimate of drug-likeness (QED) is 0.832. The Morgan fingerprint density at radius 1 is 1.10 bits per heavy atom. The first-order valence-corrected chi connectivity index (χ1v) is 8.20. The number of nitrogens with two attached hydrogens (primary N) is 2. The molecule has 0 radical (unpaired) electrons. The molecular weight excluding hydrogens is 248 g/mol. The van der Waals surface area contributed by atoms with E-state index in [2.05, 4.69) is 4.98 Å². The Balaban J connectivity index is 1.46. The first-order chi connectivity index (χ1) is 9.61. The number of aryl methyl sites for hydroxylation is 2. The van der Waals surface area contributed by atoms with E-state index in [4.69, 9.17) is 11.6 Å². The Morgan fingerprint density at radius 3 is 2.20 bits per heavy atom. The SMILES string of the molecule is Cc1nc(CCC2C3CC4CC(C3)CC2C4)c(N)n1N. The van der Waals surface area contributed by atoms with Crippen LogP contribution >= 0.6 is 0 Å². The van der Waals surface area contributed by atoms with Gasteiger partial charge in [0, 0.05) is 0 Å². The maximum Gasteiger partial charge on any atom is 0.145 e. The molecule has 4 saturated carbocycles. The molecule has 4 N–H and O–H groups in total. The number of hydrogen-bond donors (Lipinski definition) is 2. The Bertz CT molecular complexity index is 491. The van der Waals surface area contributed by atoms with Gasteiger partial charge in [-0.1, -0.05) is 0 Å². The van der Waals surface area contributed by atoms with Crippen LogP contribution in [0.2, 0.25) is 0 Å². The molecule has 4 aliphatic rings. The minimum atomic E-state index is 0.659. The van der Waals surface area contributed by atoms with Crippen LogP contribution < -0.4 is 11.6 Å². The van der Waals surface area contributed by atoms with E-state index in [1.54, 1.807) is 0 Å². The summed E-state index contributed by atoms with van der Waals surface area (Å²) in [6, 6.07) is 0. The Labute approximate surface area is 120 Å². The fraction of sp³-hybridized carbons (Fsp3) is 0.812. The molecule has 4 nitrogen and oxygen atoms in total. The van der Waals surface area contributed by atoms with Crippen LogP contribution in [-0.2, 0) is 6.42 Å². The summed E-state index contributed by atoms with van der Waals surface area (Å²) in [5, 5.41) is 0. The molecule has 0 aromatic carbocycles. The van der Waals surface area contributed by atoms with Crippen molar-refractivity contribution in [1.29, 1.82) is 0 Å². The summed E-state index contributed by atoms with van der Waals surface area (Å²) in [4.78, 5) is 4.52. The van der Waals surface area contributed by atoms with E-state index < -0.39 is 0 Å². The van der Waals surface area contributed by atoms with E-state index >= 15 is 0 Å². The highest BCUT2D eigenvalue weighted by Crippen LogP contribution is 2.57. The molecule has 4 heteroatoms. The zero-order valence-electron chi connectivity index (χ0n) is 12.4. The molecule has 0 atom stereocenters. The van der Waals surface area contributed by atoms with E-state index in [1.807, 2.05) is 6.92 Å². The van der Waals surface area contributed by atoms with Gasteiger partial charge in [0.1, 0.15) is 11.6 Å². The average molecular weight is 274 g/mol. The predicted molar refractivity (Wildman–Crippen MR) is 80.4 cm³/mol. The van der Waals surface area contributed by atoms with E-state index in [0.717, 1.165) is 47.5 Å². The van der Waals surface area contributed by atoms with Crippen LogP contribution in [0, 0.1) is 36.5 Å². The van der Waals surface area contributed by atoms with Crippen LogP contribution in [0.1, 0.15) is 50.0 Å². The second-order valence-corrected chi connectivity index (χ2v) is 7.49. The summed E-state index contributed by atoms with van der Waals surface area (Å²) < 4.78 is 1.52. The van der Waals surface area contributed by atoms with Gasteiger partial charge < -0.3 is 11.6 Å². The molecule has 4 bridgehead atoms. The van der Waals surface area contributed by atoms with E-state index in [9.17, 15) is 0 Å². The molecule has 5 rings (SSSR count). The Kier molecular flexibility index (Phi) is 2.76. The van der Waals surface area contributed by atoms with Crippen molar-refractivity contribution >= 4 is 5.82 Å². The largest absolute Gasteiger partial charge is 0.382 e. The summed E-state index contributed by atoms with van der Waals surface area (Å²) in [6.45, 7) is 1.92. The first-order valence-electron chi connectivity index (χ1n) is 8.20. The van der Waals surface area contributed by atoms with Crippen molar-refractivity contribution in [3.05, 3.63) is 11.5 Å². The van der Waals surface area contributed by atoms with Gasteiger partial charge in [0.05, 0.1) is 5.69 Å². The van der Waals surface area contributed by atoms with Gasteiger partial charge in [0.15, 0.2) is 0 Å². The second kappa shape index (κ2) is 4.40. The minimum Gasteiger partial charge on any atom is -0.382 e. The molecule has 1 aromatic rings. The maximum absolute atomic E-state index is 6.04. The molecule has 1 heterocycles. The van der Waals surface area contributed by atoms with Crippen molar-refractivity contribution in [2.45, 2.75) is 51.9 Å². The molecule has 0 saturated heterocycles. The predicted octanol–water partition coefficient (Wildman–Crippen LogP) is 2.49. The van der Waals surface area contributed by atoms with Crippen molar-refractivity contribution in [1.82, 2.24) is 9.66 Å².